The van der Waals surface area contributed by atoms with Crippen molar-refractivity contribution in [2.75, 3.05) is 20.2 Å². The molecule has 2 aromatic carbocycles. The molecule has 5 heteroatoms. The number of nitrogens with one attached hydrogen (secondary N) is 2. The topological polar surface area (TPSA) is 67.4 Å². The van der Waals surface area contributed by atoms with Crippen molar-refractivity contribution in [3.63, 3.8) is 0 Å². The molecule has 0 aliphatic rings. The Kier molecular flexibility index (Phi) is 6.17. The standard InChI is InChI=1S/C18H20N2O3/c1-23-16-9-5-8-15(13-16)18(22)20-11-10-19-17(21)12-14-6-3-2-4-7-14/h2-9,13H,10-12H2,1H3,(H,19,21)(H,20,22). The minimum absolute atomic E-state index is 0.0631. The van der Waals surface area contributed by atoms with E-state index in [0.717, 1.165) is 5.56 Å². The molecule has 5 nitrogen and oxygen atoms in total. The summed E-state index contributed by atoms with van der Waals surface area (Å²) in [7, 11) is 1.55. The number of methoxy groups -OCH3 is 1. The van der Waals surface area contributed by atoms with Crippen LogP contribution in [-0.2, 0) is 11.2 Å². The zero-order valence-electron chi connectivity index (χ0n) is 13.0. The molecule has 0 aliphatic carbocycles. The van der Waals surface area contributed by atoms with Gasteiger partial charge in [0.2, 0.25) is 5.91 Å². The Labute approximate surface area is 135 Å². The molecule has 0 unspecified atom stereocenters. The summed E-state index contributed by atoms with van der Waals surface area (Å²) in [5.74, 6) is 0.377. The van der Waals surface area contributed by atoms with Crippen LogP contribution in [0.1, 0.15) is 15.9 Å². The quantitative estimate of drug-likeness (QED) is 0.766. The van der Waals surface area contributed by atoms with Gasteiger partial charge in [0.1, 0.15) is 5.75 Å². The second-order valence-corrected chi connectivity index (χ2v) is 5.00. The van der Waals surface area contributed by atoms with Gasteiger partial charge < -0.3 is 15.4 Å². The van der Waals surface area contributed by atoms with E-state index in [1.54, 1.807) is 31.4 Å². The van der Waals surface area contributed by atoms with Gasteiger partial charge in [0.25, 0.3) is 5.91 Å². The van der Waals surface area contributed by atoms with Crippen LogP contribution in [0.4, 0.5) is 0 Å². The normalized spacial score (nSPS) is 9.96. The monoisotopic (exact) mass is 312 g/mol. The molecule has 0 atom stereocenters. The highest BCUT2D eigenvalue weighted by Crippen LogP contribution is 2.12. The van der Waals surface area contributed by atoms with Crippen LogP contribution in [-0.4, -0.2) is 32.0 Å². The summed E-state index contributed by atoms with van der Waals surface area (Å²) < 4.78 is 5.08. The zero-order valence-corrected chi connectivity index (χ0v) is 13.0. The molecule has 0 aromatic heterocycles. The molecule has 0 aliphatic heterocycles. The van der Waals surface area contributed by atoms with Gasteiger partial charge in [-0.05, 0) is 23.8 Å². The Morgan fingerprint density at radius 3 is 2.43 bits per heavy atom. The lowest BCUT2D eigenvalue weighted by Crippen LogP contribution is -2.35. The van der Waals surface area contributed by atoms with Gasteiger partial charge in [-0.3, -0.25) is 9.59 Å². The van der Waals surface area contributed by atoms with Gasteiger partial charge in [0.15, 0.2) is 0 Å². The van der Waals surface area contributed by atoms with Gasteiger partial charge in [0.05, 0.1) is 13.5 Å². The molecule has 2 aromatic rings. The number of carbonyl (C=O) groups excluding carboxylic acids is 2. The average Bonchev–Trinajstić information content (AvgIpc) is 2.59. The molecule has 120 valence electrons. The van der Waals surface area contributed by atoms with E-state index in [9.17, 15) is 9.59 Å². The van der Waals surface area contributed by atoms with Crippen LogP contribution in [0.3, 0.4) is 0 Å². The van der Waals surface area contributed by atoms with Crippen molar-refractivity contribution in [2.45, 2.75) is 6.42 Å². The Morgan fingerprint density at radius 2 is 1.70 bits per heavy atom. The summed E-state index contributed by atoms with van der Waals surface area (Å²) in [5.41, 5.74) is 1.49. The first-order valence-corrected chi connectivity index (χ1v) is 7.42. The lowest BCUT2D eigenvalue weighted by atomic mass is 10.1. The van der Waals surface area contributed by atoms with Gasteiger partial charge in [-0.25, -0.2) is 0 Å². The van der Waals surface area contributed by atoms with E-state index in [4.69, 9.17) is 4.74 Å². The van der Waals surface area contributed by atoms with Gasteiger partial charge in [-0.1, -0.05) is 36.4 Å². The van der Waals surface area contributed by atoms with Crippen molar-refractivity contribution in [1.82, 2.24) is 10.6 Å². The van der Waals surface area contributed by atoms with Crippen LogP contribution in [0.15, 0.2) is 54.6 Å². The van der Waals surface area contributed by atoms with E-state index >= 15 is 0 Å². The van der Waals surface area contributed by atoms with Crippen LogP contribution in [0, 0.1) is 0 Å². The summed E-state index contributed by atoms with van der Waals surface area (Å²) in [6.45, 7) is 0.762. The number of ether oxygens (including phenoxy) is 1. The van der Waals surface area contributed by atoms with Gasteiger partial charge in [-0.15, -0.1) is 0 Å². The molecule has 2 N–H and O–H groups in total. The maximum Gasteiger partial charge on any atom is 0.251 e. The number of amides is 2. The van der Waals surface area contributed by atoms with E-state index in [0.29, 0.717) is 30.8 Å². The molecule has 2 amide bonds. The fourth-order valence-electron chi connectivity index (χ4n) is 2.09. The fourth-order valence-corrected chi connectivity index (χ4v) is 2.09. The van der Waals surface area contributed by atoms with Crippen molar-refractivity contribution in [1.29, 1.82) is 0 Å². The number of rotatable bonds is 7. The van der Waals surface area contributed by atoms with Crippen molar-refractivity contribution >= 4 is 11.8 Å². The molecule has 0 saturated heterocycles. The highest BCUT2D eigenvalue weighted by Gasteiger charge is 2.06. The number of hydrogen-bond acceptors (Lipinski definition) is 3. The second-order valence-electron chi connectivity index (χ2n) is 5.00. The third-order valence-electron chi connectivity index (χ3n) is 3.27. The first-order valence-electron chi connectivity index (χ1n) is 7.42. The van der Waals surface area contributed by atoms with Gasteiger partial charge in [0, 0.05) is 18.7 Å². The van der Waals surface area contributed by atoms with Crippen LogP contribution >= 0.6 is 0 Å². The average molecular weight is 312 g/mol. The first kappa shape index (κ1) is 16.5. The van der Waals surface area contributed by atoms with Crippen LogP contribution in [0.25, 0.3) is 0 Å². The van der Waals surface area contributed by atoms with E-state index in [2.05, 4.69) is 10.6 Å². The third-order valence-corrected chi connectivity index (χ3v) is 3.27. The molecule has 0 saturated carbocycles. The van der Waals surface area contributed by atoms with Crippen LogP contribution in [0.5, 0.6) is 5.75 Å². The van der Waals surface area contributed by atoms with E-state index in [-0.39, 0.29) is 11.8 Å². The lowest BCUT2D eigenvalue weighted by Gasteiger charge is -2.08. The molecule has 23 heavy (non-hydrogen) atoms. The highest BCUT2D eigenvalue weighted by molar-refractivity contribution is 5.94. The van der Waals surface area contributed by atoms with Crippen LogP contribution < -0.4 is 15.4 Å². The summed E-state index contributed by atoms with van der Waals surface area (Å²) in [5, 5.41) is 5.54. The summed E-state index contributed by atoms with van der Waals surface area (Å²) in [6, 6.07) is 16.4. The van der Waals surface area contributed by atoms with E-state index < -0.39 is 0 Å². The number of carbonyl (C=O) groups is 2. The van der Waals surface area contributed by atoms with Crippen LogP contribution in [0.2, 0.25) is 0 Å². The molecule has 2 rings (SSSR count). The maximum absolute atomic E-state index is 12.0. The number of hydrogen-bond donors (Lipinski definition) is 2. The lowest BCUT2D eigenvalue weighted by molar-refractivity contribution is -0.120. The Morgan fingerprint density at radius 1 is 0.957 bits per heavy atom. The van der Waals surface area contributed by atoms with Crippen molar-refractivity contribution < 1.29 is 14.3 Å². The fraction of sp³-hybridized carbons (Fsp3) is 0.222. The minimum atomic E-state index is -0.193. The van der Waals surface area contributed by atoms with Gasteiger partial charge >= 0.3 is 0 Å². The summed E-state index contributed by atoms with van der Waals surface area (Å²) in [6.07, 6.45) is 0.338. The molecule has 0 spiro atoms. The molecular weight excluding hydrogens is 292 g/mol. The molecular formula is C18H20N2O3. The predicted octanol–water partition coefficient (Wildman–Crippen LogP) is 1.78. The minimum Gasteiger partial charge on any atom is -0.497 e. The molecule has 0 fully saturated rings. The highest BCUT2D eigenvalue weighted by atomic mass is 16.5. The smallest absolute Gasteiger partial charge is 0.251 e. The summed E-state index contributed by atoms with van der Waals surface area (Å²) >= 11 is 0. The molecule has 0 radical (unpaired) electrons. The Bertz CT molecular complexity index is 656. The summed E-state index contributed by atoms with van der Waals surface area (Å²) in [4.78, 5) is 23.7. The Hall–Kier alpha value is -2.82. The first-order chi connectivity index (χ1) is 11.2. The molecule has 0 bridgehead atoms. The van der Waals surface area contributed by atoms with Crippen molar-refractivity contribution in [2.24, 2.45) is 0 Å². The SMILES string of the molecule is COc1cccc(C(=O)NCCNC(=O)Cc2ccccc2)c1. The number of benzene rings is 2. The van der Waals surface area contributed by atoms with Crippen molar-refractivity contribution in [3.8, 4) is 5.75 Å². The van der Waals surface area contributed by atoms with Crippen molar-refractivity contribution in [3.05, 3.63) is 65.7 Å². The maximum atomic E-state index is 12.0. The molecule has 0 heterocycles. The van der Waals surface area contributed by atoms with E-state index in [1.165, 1.54) is 0 Å². The predicted molar refractivity (Wildman–Crippen MR) is 88.5 cm³/mol. The third kappa shape index (κ3) is 5.47. The second kappa shape index (κ2) is 8.58. The Balaban J connectivity index is 1.70. The zero-order chi connectivity index (χ0) is 16.5. The van der Waals surface area contributed by atoms with E-state index in [1.807, 2.05) is 30.3 Å². The van der Waals surface area contributed by atoms with Gasteiger partial charge in [-0.2, -0.15) is 0 Å². The largest absolute Gasteiger partial charge is 0.497 e.